The lowest BCUT2D eigenvalue weighted by molar-refractivity contribution is 0.380. The molecule has 0 aromatic heterocycles. The molecule has 5 nitrogen and oxygen atoms in total. The van der Waals surface area contributed by atoms with E-state index in [-0.39, 0.29) is 11.4 Å². The number of benzene rings is 1. The highest BCUT2D eigenvalue weighted by Gasteiger charge is 2.11. The van der Waals surface area contributed by atoms with Crippen molar-refractivity contribution in [2.75, 3.05) is 5.09 Å². The summed E-state index contributed by atoms with van der Waals surface area (Å²) in [6.07, 6.45) is 0. The topological polar surface area (TPSA) is 89.8 Å². The molecule has 0 fully saturated rings. The molecule has 0 heterocycles. The van der Waals surface area contributed by atoms with Crippen LogP contribution in [-0.2, 0) is 4.57 Å². The summed E-state index contributed by atoms with van der Waals surface area (Å²) in [6.45, 7) is 0. The van der Waals surface area contributed by atoms with Crippen LogP contribution < -0.4 is 5.09 Å². The van der Waals surface area contributed by atoms with E-state index >= 15 is 0 Å². The Morgan fingerprint density at radius 3 is 2.08 bits per heavy atom. The number of hydrogen-bond acceptors (Lipinski definition) is 2. The Hall–Kier alpha value is -1.03. The van der Waals surface area contributed by atoms with Crippen molar-refractivity contribution in [3.63, 3.8) is 0 Å². The normalized spacial score (nSPS) is 11.2. The maximum Gasteiger partial charge on any atom is 0.427 e. The van der Waals surface area contributed by atoms with Gasteiger partial charge in [0, 0.05) is 5.69 Å². The molecule has 0 amide bonds. The lowest BCUT2D eigenvalue weighted by Gasteiger charge is -2.06. The first-order valence-corrected chi connectivity index (χ1v) is 4.71. The van der Waals surface area contributed by atoms with Crippen molar-refractivity contribution in [1.29, 1.82) is 0 Å². The van der Waals surface area contributed by atoms with E-state index in [4.69, 9.17) is 14.9 Å². The van der Waals surface area contributed by atoms with Gasteiger partial charge in [-0.25, -0.2) is 4.57 Å². The SMILES string of the molecule is O=P(O)(O)Nc1ccc(O)cc1. The molecule has 0 spiro atoms. The highest BCUT2D eigenvalue weighted by atomic mass is 31.2. The van der Waals surface area contributed by atoms with Gasteiger partial charge in [-0.3, -0.25) is 5.09 Å². The average molecular weight is 189 g/mol. The van der Waals surface area contributed by atoms with Crippen molar-refractivity contribution in [3.8, 4) is 5.75 Å². The van der Waals surface area contributed by atoms with Crippen molar-refractivity contribution in [2.24, 2.45) is 0 Å². The standard InChI is InChI=1S/C6H8NO4P/c8-6-3-1-5(2-4-6)7-12(9,10)11/h1-4,8H,(H3,7,9,10,11). The Morgan fingerprint density at radius 1 is 1.17 bits per heavy atom. The first-order valence-electron chi connectivity index (χ1n) is 3.10. The van der Waals surface area contributed by atoms with Crippen molar-refractivity contribution in [2.45, 2.75) is 0 Å². The lowest BCUT2D eigenvalue weighted by Crippen LogP contribution is -1.93. The summed E-state index contributed by atoms with van der Waals surface area (Å²) in [7, 11) is -4.23. The quantitative estimate of drug-likeness (QED) is 0.410. The van der Waals surface area contributed by atoms with Gasteiger partial charge < -0.3 is 14.9 Å². The highest BCUT2D eigenvalue weighted by molar-refractivity contribution is 7.53. The van der Waals surface area contributed by atoms with E-state index in [0.29, 0.717) is 0 Å². The first kappa shape index (κ1) is 9.06. The Bertz CT molecular complexity index is 304. The van der Waals surface area contributed by atoms with Gasteiger partial charge in [-0.1, -0.05) is 0 Å². The van der Waals surface area contributed by atoms with Gasteiger partial charge in [0.25, 0.3) is 0 Å². The van der Waals surface area contributed by atoms with Crippen LogP contribution in [0.15, 0.2) is 24.3 Å². The van der Waals surface area contributed by atoms with Crippen LogP contribution in [0.4, 0.5) is 5.69 Å². The van der Waals surface area contributed by atoms with E-state index in [9.17, 15) is 4.57 Å². The molecular weight excluding hydrogens is 181 g/mol. The molecule has 0 aliphatic carbocycles. The number of phenols is 1. The minimum atomic E-state index is -4.23. The number of phenolic OH excluding ortho intramolecular Hbond substituents is 1. The fourth-order valence-corrected chi connectivity index (χ4v) is 1.19. The third-order valence-electron chi connectivity index (χ3n) is 1.14. The van der Waals surface area contributed by atoms with E-state index in [0.717, 1.165) is 0 Å². The molecule has 4 N–H and O–H groups in total. The van der Waals surface area contributed by atoms with E-state index < -0.39 is 7.75 Å². The third kappa shape index (κ3) is 2.92. The second kappa shape index (κ2) is 3.15. The van der Waals surface area contributed by atoms with Gasteiger partial charge in [0.1, 0.15) is 5.75 Å². The van der Waals surface area contributed by atoms with Gasteiger partial charge in [-0.15, -0.1) is 0 Å². The Balaban J connectivity index is 2.78. The predicted molar refractivity (Wildman–Crippen MR) is 43.8 cm³/mol. The predicted octanol–water partition coefficient (Wildman–Crippen LogP) is 0.897. The molecule has 6 heteroatoms. The highest BCUT2D eigenvalue weighted by Crippen LogP contribution is 2.35. The minimum Gasteiger partial charge on any atom is -0.508 e. The summed E-state index contributed by atoms with van der Waals surface area (Å²) in [5, 5.41) is 10.8. The Labute approximate surface area is 68.9 Å². The smallest absolute Gasteiger partial charge is 0.427 e. The fraction of sp³-hybridized carbons (Fsp3) is 0. The molecule has 0 bridgehead atoms. The molecule has 66 valence electrons. The van der Waals surface area contributed by atoms with E-state index in [1.807, 2.05) is 5.09 Å². The molecule has 1 aromatic carbocycles. The van der Waals surface area contributed by atoms with E-state index in [2.05, 4.69) is 0 Å². The van der Waals surface area contributed by atoms with Gasteiger partial charge in [0.15, 0.2) is 0 Å². The van der Waals surface area contributed by atoms with Crippen molar-refractivity contribution >= 4 is 13.4 Å². The fourth-order valence-electron chi connectivity index (χ4n) is 0.704. The van der Waals surface area contributed by atoms with Crippen LogP contribution in [0.25, 0.3) is 0 Å². The molecule has 1 aromatic rings. The number of nitrogens with one attached hydrogen (secondary N) is 1. The second-order valence-corrected chi connectivity index (χ2v) is 3.51. The van der Waals surface area contributed by atoms with Gasteiger partial charge in [-0.05, 0) is 24.3 Å². The van der Waals surface area contributed by atoms with Gasteiger partial charge in [0.05, 0.1) is 0 Å². The molecule has 0 aliphatic rings. The molecule has 0 saturated carbocycles. The largest absolute Gasteiger partial charge is 0.508 e. The zero-order valence-corrected chi connectivity index (χ0v) is 6.90. The zero-order chi connectivity index (χ0) is 9.19. The summed E-state index contributed by atoms with van der Waals surface area (Å²) in [5.74, 6) is 0.0475. The molecule has 12 heavy (non-hydrogen) atoms. The number of anilines is 1. The average Bonchev–Trinajstić information content (AvgIpc) is 1.91. The summed E-state index contributed by atoms with van der Waals surface area (Å²) in [4.78, 5) is 17.0. The Kier molecular flexibility index (Phi) is 2.38. The van der Waals surface area contributed by atoms with Crippen molar-refractivity contribution < 1.29 is 19.5 Å². The van der Waals surface area contributed by atoms with E-state index in [1.54, 1.807) is 0 Å². The number of rotatable bonds is 2. The van der Waals surface area contributed by atoms with Crippen LogP contribution in [0.3, 0.4) is 0 Å². The number of aromatic hydroxyl groups is 1. The lowest BCUT2D eigenvalue weighted by atomic mass is 10.3. The summed E-state index contributed by atoms with van der Waals surface area (Å²) in [5.41, 5.74) is 0.265. The molecular formula is C6H8NO4P. The molecule has 0 radical (unpaired) electrons. The van der Waals surface area contributed by atoms with Crippen LogP contribution in [0.1, 0.15) is 0 Å². The second-order valence-electron chi connectivity index (χ2n) is 2.20. The van der Waals surface area contributed by atoms with Gasteiger partial charge in [0.2, 0.25) is 0 Å². The summed E-state index contributed by atoms with van der Waals surface area (Å²) < 4.78 is 10.4. The summed E-state index contributed by atoms with van der Waals surface area (Å²) >= 11 is 0. The molecule has 1 rings (SSSR count). The maximum atomic E-state index is 10.4. The first-order chi connectivity index (χ1) is 5.47. The minimum absolute atomic E-state index is 0.0475. The Morgan fingerprint density at radius 2 is 1.67 bits per heavy atom. The van der Waals surface area contributed by atoms with Crippen molar-refractivity contribution in [1.82, 2.24) is 0 Å². The zero-order valence-electron chi connectivity index (χ0n) is 6.01. The van der Waals surface area contributed by atoms with Crippen molar-refractivity contribution in [3.05, 3.63) is 24.3 Å². The van der Waals surface area contributed by atoms with Crippen LogP contribution in [0.2, 0.25) is 0 Å². The van der Waals surface area contributed by atoms with Gasteiger partial charge in [-0.2, -0.15) is 0 Å². The van der Waals surface area contributed by atoms with Crippen LogP contribution in [0.5, 0.6) is 5.75 Å². The monoisotopic (exact) mass is 189 g/mol. The maximum absolute atomic E-state index is 10.4. The van der Waals surface area contributed by atoms with Crippen LogP contribution >= 0.6 is 7.75 Å². The number of hydrogen-bond donors (Lipinski definition) is 4. The van der Waals surface area contributed by atoms with Gasteiger partial charge >= 0.3 is 7.75 Å². The third-order valence-corrected chi connectivity index (χ3v) is 1.69. The van der Waals surface area contributed by atoms with Crippen LogP contribution in [0, 0.1) is 0 Å². The van der Waals surface area contributed by atoms with Crippen LogP contribution in [-0.4, -0.2) is 14.9 Å². The molecule has 0 unspecified atom stereocenters. The molecule has 0 aliphatic heterocycles. The summed E-state index contributed by atoms with van der Waals surface area (Å²) in [6, 6.07) is 5.40. The van der Waals surface area contributed by atoms with E-state index in [1.165, 1.54) is 24.3 Å². The molecule has 0 atom stereocenters. The molecule has 0 saturated heterocycles.